The van der Waals surface area contributed by atoms with E-state index in [2.05, 4.69) is 14.7 Å². The molecule has 1 aliphatic rings. The van der Waals surface area contributed by atoms with Crippen molar-refractivity contribution < 1.29 is 13.2 Å². The van der Waals surface area contributed by atoms with E-state index in [-0.39, 0.29) is 16.8 Å². The molecule has 1 heterocycles. The smallest absolute Gasteiger partial charge is 0.265 e. The fourth-order valence-electron chi connectivity index (χ4n) is 4.45. The Morgan fingerprint density at radius 3 is 2.39 bits per heavy atom. The van der Waals surface area contributed by atoms with Gasteiger partial charge >= 0.3 is 0 Å². The van der Waals surface area contributed by atoms with E-state index in [4.69, 9.17) is 0 Å². The third-order valence-electron chi connectivity index (χ3n) is 6.38. The monoisotopic (exact) mass is 498 g/mol. The van der Waals surface area contributed by atoms with Gasteiger partial charge in [0, 0.05) is 24.0 Å². The molecule has 0 spiro atoms. The summed E-state index contributed by atoms with van der Waals surface area (Å²) in [5.41, 5.74) is 4.05. The molecular formula is C28H26N4O3S. The molecule has 1 aromatic heterocycles. The minimum absolute atomic E-state index is 0.239. The second-order valence-electron chi connectivity index (χ2n) is 8.65. The van der Waals surface area contributed by atoms with E-state index in [1.165, 1.54) is 4.90 Å². The Hall–Kier alpha value is -3.88. The minimum Gasteiger partial charge on any atom is -0.268 e. The number of benzene rings is 3. The molecule has 0 saturated heterocycles. The van der Waals surface area contributed by atoms with Gasteiger partial charge < -0.3 is 0 Å². The maximum atomic E-state index is 13.5. The number of nitrogens with one attached hydrogen (secondary N) is 1. The number of amides is 1. The number of carbonyl (C=O) groups is 1. The molecule has 0 radical (unpaired) electrons. The largest absolute Gasteiger partial charge is 0.268 e. The van der Waals surface area contributed by atoms with Crippen LogP contribution >= 0.6 is 0 Å². The number of sulfonamides is 1. The van der Waals surface area contributed by atoms with Gasteiger partial charge in [0.15, 0.2) is 0 Å². The Kier molecular flexibility index (Phi) is 6.63. The molecule has 1 aliphatic carbocycles. The molecule has 0 bridgehead atoms. The summed E-state index contributed by atoms with van der Waals surface area (Å²) in [6.45, 7) is 2.03. The fourth-order valence-corrected chi connectivity index (χ4v) is 5.70. The van der Waals surface area contributed by atoms with Gasteiger partial charge in [0.25, 0.3) is 5.91 Å². The number of nitrogens with zero attached hydrogens (tertiary/aromatic N) is 3. The lowest BCUT2D eigenvalue weighted by atomic mass is 10.1. The predicted molar refractivity (Wildman–Crippen MR) is 139 cm³/mol. The van der Waals surface area contributed by atoms with Crippen molar-refractivity contribution >= 4 is 27.6 Å². The van der Waals surface area contributed by atoms with Crippen LogP contribution < -0.4 is 9.62 Å². The maximum absolute atomic E-state index is 13.5. The highest BCUT2D eigenvalue weighted by Crippen LogP contribution is 2.36. The molecule has 1 amide bonds. The molecule has 1 atom stereocenters. The number of fused-ring (bicyclic) bond motifs is 1. The number of aromatic nitrogens is 2. The first-order valence-electron chi connectivity index (χ1n) is 11.9. The lowest BCUT2D eigenvalue weighted by Crippen LogP contribution is -2.29. The van der Waals surface area contributed by atoms with Crippen molar-refractivity contribution in [1.29, 1.82) is 0 Å². The van der Waals surface area contributed by atoms with E-state index >= 15 is 0 Å². The van der Waals surface area contributed by atoms with E-state index in [1.54, 1.807) is 54.9 Å². The molecule has 0 aliphatic heterocycles. The summed E-state index contributed by atoms with van der Waals surface area (Å²) in [7, 11) is -3.71. The van der Waals surface area contributed by atoms with Gasteiger partial charge in [0.05, 0.1) is 10.6 Å². The number of rotatable bonds is 7. The van der Waals surface area contributed by atoms with Crippen LogP contribution in [-0.2, 0) is 22.9 Å². The van der Waals surface area contributed by atoms with Crippen LogP contribution in [0, 0.1) is 0 Å². The number of aryl methyl sites for hydroxylation is 2. The van der Waals surface area contributed by atoms with Crippen LogP contribution in [0.1, 0.15) is 46.4 Å². The molecule has 3 aromatic carbocycles. The van der Waals surface area contributed by atoms with Gasteiger partial charge in [-0.25, -0.2) is 28.0 Å². The quantitative estimate of drug-likeness (QED) is 0.388. The van der Waals surface area contributed by atoms with E-state index in [0.29, 0.717) is 17.7 Å². The van der Waals surface area contributed by atoms with Crippen LogP contribution in [0.15, 0.2) is 96.2 Å². The van der Waals surface area contributed by atoms with E-state index in [0.717, 1.165) is 29.5 Å². The molecule has 0 saturated carbocycles. The summed E-state index contributed by atoms with van der Waals surface area (Å²) < 4.78 is 29.1. The van der Waals surface area contributed by atoms with Crippen molar-refractivity contribution in [1.82, 2.24) is 14.7 Å². The van der Waals surface area contributed by atoms with E-state index in [9.17, 15) is 13.2 Å². The first-order valence-corrected chi connectivity index (χ1v) is 13.3. The summed E-state index contributed by atoms with van der Waals surface area (Å²) in [5, 5.41) is 0. The highest BCUT2D eigenvalue weighted by molar-refractivity contribution is 7.89. The summed E-state index contributed by atoms with van der Waals surface area (Å²) in [6, 6.07) is 22.9. The van der Waals surface area contributed by atoms with Crippen molar-refractivity contribution in [3.8, 4) is 0 Å². The second kappa shape index (κ2) is 10.0. The van der Waals surface area contributed by atoms with E-state index < -0.39 is 16.1 Å². The molecular weight excluding hydrogens is 472 g/mol. The maximum Gasteiger partial charge on any atom is 0.265 e. The molecule has 36 heavy (non-hydrogen) atoms. The zero-order valence-electron chi connectivity index (χ0n) is 19.8. The Bertz CT molecular complexity index is 1470. The van der Waals surface area contributed by atoms with Crippen LogP contribution in [0.3, 0.4) is 0 Å². The van der Waals surface area contributed by atoms with Crippen LogP contribution in [0.2, 0.25) is 0 Å². The average molecular weight is 499 g/mol. The van der Waals surface area contributed by atoms with Gasteiger partial charge in [-0.1, -0.05) is 43.3 Å². The lowest BCUT2D eigenvalue weighted by Gasteiger charge is -2.22. The molecule has 1 unspecified atom stereocenters. The third kappa shape index (κ3) is 4.78. The van der Waals surface area contributed by atoms with Crippen LogP contribution in [0.4, 0.5) is 11.6 Å². The zero-order chi connectivity index (χ0) is 25.1. The van der Waals surface area contributed by atoms with Crippen LogP contribution in [0.25, 0.3) is 0 Å². The molecule has 4 aromatic rings. The van der Waals surface area contributed by atoms with Crippen molar-refractivity contribution in [3.05, 3.63) is 114 Å². The van der Waals surface area contributed by atoms with Gasteiger partial charge in [0.1, 0.15) is 0 Å². The number of hydrogen-bond donors (Lipinski definition) is 1. The summed E-state index contributed by atoms with van der Waals surface area (Å²) in [4.78, 5) is 23.8. The Labute approximate surface area is 210 Å². The minimum atomic E-state index is -3.71. The van der Waals surface area contributed by atoms with Crippen molar-refractivity contribution in [3.63, 3.8) is 0 Å². The Morgan fingerprint density at radius 1 is 0.972 bits per heavy atom. The molecule has 0 fully saturated rings. The highest BCUT2D eigenvalue weighted by Gasteiger charge is 2.30. The highest BCUT2D eigenvalue weighted by atomic mass is 32.2. The summed E-state index contributed by atoms with van der Waals surface area (Å²) >= 11 is 0. The zero-order valence-corrected chi connectivity index (χ0v) is 20.7. The van der Waals surface area contributed by atoms with Gasteiger partial charge in [0.2, 0.25) is 16.0 Å². The first-order chi connectivity index (χ1) is 17.5. The van der Waals surface area contributed by atoms with Crippen molar-refractivity contribution in [2.24, 2.45) is 0 Å². The number of anilines is 2. The topological polar surface area (TPSA) is 92.3 Å². The number of hydrogen-bond acceptors (Lipinski definition) is 5. The average Bonchev–Trinajstić information content (AvgIpc) is 3.31. The van der Waals surface area contributed by atoms with Gasteiger partial charge in [-0.05, 0) is 78.4 Å². The fraction of sp³-hybridized carbons (Fsp3) is 0.179. The molecule has 182 valence electrons. The first kappa shape index (κ1) is 23.8. The number of carbonyl (C=O) groups excluding carboxylic acids is 1. The predicted octanol–water partition coefficient (Wildman–Crippen LogP) is 4.98. The van der Waals surface area contributed by atoms with Gasteiger partial charge in [-0.3, -0.25) is 4.79 Å². The van der Waals surface area contributed by atoms with Crippen molar-refractivity contribution in [2.45, 2.75) is 37.1 Å². The standard InChI is InChI=1S/C28H26N4O3S/c1-2-20-9-14-24(15-10-20)36(34,35)31-26-16-12-21-11-13-23(19-25(21)26)32(28-29-17-6-18-30-28)27(33)22-7-4-3-5-8-22/h3-11,13-15,17-19,26,31H,2,12,16H2,1H3. The molecule has 7 nitrogen and oxygen atoms in total. The summed E-state index contributed by atoms with van der Waals surface area (Å²) in [6.07, 6.45) is 5.39. The third-order valence-corrected chi connectivity index (χ3v) is 7.87. The molecule has 1 N–H and O–H groups in total. The summed E-state index contributed by atoms with van der Waals surface area (Å²) in [5.74, 6) is -0.0228. The molecule has 8 heteroatoms. The van der Waals surface area contributed by atoms with Crippen LogP contribution in [-0.4, -0.2) is 24.3 Å². The van der Waals surface area contributed by atoms with Gasteiger partial charge in [-0.2, -0.15) is 0 Å². The second-order valence-corrected chi connectivity index (χ2v) is 10.4. The van der Waals surface area contributed by atoms with Gasteiger partial charge in [-0.15, -0.1) is 0 Å². The normalized spacial score (nSPS) is 14.9. The molecule has 5 rings (SSSR count). The van der Waals surface area contributed by atoms with Crippen LogP contribution in [0.5, 0.6) is 0 Å². The Balaban J connectivity index is 1.49. The van der Waals surface area contributed by atoms with Crippen molar-refractivity contribution in [2.75, 3.05) is 4.90 Å². The Morgan fingerprint density at radius 2 is 1.69 bits per heavy atom. The van der Waals surface area contributed by atoms with E-state index in [1.807, 2.05) is 43.3 Å². The SMILES string of the molecule is CCc1ccc(S(=O)(=O)NC2CCc3ccc(N(C(=O)c4ccccc4)c4ncccn4)cc32)cc1. The lowest BCUT2D eigenvalue weighted by molar-refractivity contribution is 0.0998.